The minimum Gasteiger partial charge on any atom is -0.369 e. The molecular formula is C15H23BrN2S. The standard InChI is InChI=1S/C15H23BrN2S/c1-4-17-10-12-5-6-13(9-14(12)16)18-7-8-19-15(2,3)11-18/h5-6,9,17H,4,7-8,10-11H2,1-3H3. The summed E-state index contributed by atoms with van der Waals surface area (Å²) in [5.74, 6) is 1.21. The van der Waals surface area contributed by atoms with Gasteiger partial charge in [-0.15, -0.1) is 0 Å². The summed E-state index contributed by atoms with van der Waals surface area (Å²) in [6, 6.07) is 6.75. The van der Waals surface area contributed by atoms with Crippen molar-refractivity contribution in [3.63, 3.8) is 0 Å². The smallest absolute Gasteiger partial charge is 0.0378 e. The maximum absolute atomic E-state index is 3.70. The van der Waals surface area contributed by atoms with Crippen LogP contribution in [0.1, 0.15) is 26.3 Å². The zero-order valence-corrected chi connectivity index (χ0v) is 14.4. The third-order valence-corrected chi connectivity index (χ3v) is 5.43. The summed E-state index contributed by atoms with van der Waals surface area (Å²) in [7, 11) is 0. The highest BCUT2D eigenvalue weighted by molar-refractivity contribution is 9.10. The summed E-state index contributed by atoms with van der Waals surface area (Å²) in [5.41, 5.74) is 2.66. The number of hydrogen-bond acceptors (Lipinski definition) is 3. The van der Waals surface area contributed by atoms with E-state index in [0.717, 1.165) is 26.2 Å². The Labute approximate surface area is 129 Å². The van der Waals surface area contributed by atoms with E-state index in [4.69, 9.17) is 0 Å². The first kappa shape index (κ1) is 15.2. The van der Waals surface area contributed by atoms with Gasteiger partial charge in [-0.3, -0.25) is 0 Å². The molecule has 0 radical (unpaired) electrons. The van der Waals surface area contributed by atoms with E-state index in [9.17, 15) is 0 Å². The molecule has 4 heteroatoms. The number of halogens is 1. The second-order valence-corrected chi connectivity index (χ2v) is 8.24. The van der Waals surface area contributed by atoms with Gasteiger partial charge < -0.3 is 10.2 Å². The molecule has 1 N–H and O–H groups in total. The molecule has 0 aliphatic carbocycles. The summed E-state index contributed by atoms with van der Waals surface area (Å²) in [5, 5.41) is 3.37. The van der Waals surface area contributed by atoms with Crippen molar-refractivity contribution in [3.8, 4) is 0 Å². The van der Waals surface area contributed by atoms with Gasteiger partial charge in [0.25, 0.3) is 0 Å². The van der Waals surface area contributed by atoms with Crippen molar-refractivity contribution in [1.82, 2.24) is 5.32 Å². The molecule has 19 heavy (non-hydrogen) atoms. The SMILES string of the molecule is CCNCc1ccc(N2CCSC(C)(C)C2)cc1Br. The Morgan fingerprint density at radius 2 is 2.21 bits per heavy atom. The maximum atomic E-state index is 3.70. The second kappa shape index (κ2) is 6.51. The first-order valence-electron chi connectivity index (χ1n) is 6.90. The second-order valence-electron chi connectivity index (χ2n) is 5.59. The van der Waals surface area contributed by atoms with Crippen LogP contribution in [0, 0.1) is 0 Å². The first-order chi connectivity index (χ1) is 9.02. The molecule has 1 aliphatic rings. The van der Waals surface area contributed by atoms with Crippen LogP contribution in [0.4, 0.5) is 5.69 Å². The van der Waals surface area contributed by atoms with Crippen LogP contribution in [0.15, 0.2) is 22.7 Å². The zero-order chi connectivity index (χ0) is 13.9. The summed E-state index contributed by atoms with van der Waals surface area (Å²) in [4.78, 5) is 2.50. The molecule has 2 rings (SSSR count). The quantitative estimate of drug-likeness (QED) is 0.893. The molecule has 0 saturated carbocycles. The Hall–Kier alpha value is -0.190. The van der Waals surface area contributed by atoms with Gasteiger partial charge in [-0.05, 0) is 38.1 Å². The number of nitrogens with zero attached hydrogens (tertiary/aromatic N) is 1. The predicted molar refractivity (Wildman–Crippen MR) is 90.3 cm³/mol. The number of thioether (sulfide) groups is 1. The Bertz CT molecular complexity index is 434. The molecule has 1 aromatic rings. The van der Waals surface area contributed by atoms with Crippen LogP contribution in [0.3, 0.4) is 0 Å². The molecule has 0 spiro atoms. The monoisotopic (exact) mass is 342 g/mol. The van der Waals surface area contributed by atoms with Gasteiger partial charge in [-0.25, -0.2) is 0 Å². The molecular weight excluding hydrogens is 320 g/mol. The number of nitrogens with one attached hydrogen (secondary N) is 1. The van der Waals surface area contributed by atoms with E-state index in [1.54, 1.807) is 0 Å². The van der Waals surface area contributed by atoms with Gasteiger partial charge in [0.1, 0.15) is 0 Å². The molecule has 106 valence electrons. The molecule has 1 saturated heterocycles. The minimum absolute atomic E-state index is 0.354. The number of anilines is 1. The summed E-state index contributed by atoms with van der Waals surface area (Å²) in [6.07, 6.45) is 0. The lowest BCUT2D eigenvalue weighted by Gasteiger charge is -2.39. The first-order valence-corrected chi connectivity index (χ1v) is 8.68. The Kier molecular flexibility index (Phi) is 5.21. The van der Waals surface area contributed by atoms with Crippen molar-refractivity contribution in [2.75, 3.05) is 30.3 Å². The van der Waals surface area contributed by atoms with Gasteiger partial charge in [0.15, 0.2) is 0 Å². The topological polar surface area (TPSA) is 15.3 Å². The van der Waals surface area contributed by atoms with Gasteiger partial charge in [-0.2, -0.15) is 11.8 Å². The lowest BCUT2D eigenvalue weighted by atomic mass is 10.1. The van der Waals surface area contributed by atoms with Gasteiger partial charge >= 0.3 is 0 Å². The van der Waals surface area contributed by atoms with E-state index in [2.05, 4.69) is 76.9 Å². The number of benzene rings is 1. The lowest BCUT2D eigenvalue weighted by molar-refractivity contribution is 0.647. The summed E-state index contributed by atoms with van der Waals surface area (Å²) < 4.78 is 1.56. The Balaban J connectivity index is 2.10. The highest BCUT2D eigenvalue weighted by atomic mass is 79.9. The molecule has 0 atom stereocenters. The fraction of sp³-hybridized carbons (Fsp3) is 0.600. The van der Waals surface area contributed by atoms with Gasteiger partial charge in [0.2, 0.25) is 0 Å². The highest BCUT2D eigenvalue weighted by Gasteiger charge is 2.27. The predicted octanol–water partition coefficient (Wildman–Crippen LogP) is 3.89. The third-order valence-electron chi connectivity index (χ3n) is 3.39. The van der Waals surface area contributed by atoms with Crippen LogP contribution in [0.25, 0.3) is 0 Å². The third kappa shape index (κ3) is 4.14. The zero-order valence-electron chi connectivity index (χ0n) is 12.0. The van der Waals surface area contributed by atoms with Crippen molar-refractivity contribution in [2.45, 2.75) is 32.1 Å². The van der Waals surface area contributed by atoms with Crippen molar-refractivity contribution >= 4 is 33.4 Å². The van der Waals surface area contributed by atoms with E-state index in [0.29, 0.717) is 4.75 Å². The molecule has 1 heterocycles. The Morgan fingerprint density at radius 3 is 2.84 bits per heavy atom. The van der Waals surface area contributed by atoms with Crippen molar-refractivity contribution in [1.29, 1.82) is 0 Å². The van der Waals surface area contributed by atoms with Gasteiger partial charge in [0, 0.05) is 40.3 Å². The molecule has 1 aliphatic heterocycles. The van der Waals surface area contributed by atoms with Crippen LogP contribution in [0.2, 0.25) is 0 Å². The summed E-state index contributed by atoms with van der Waals surface area (Å²) >= 11 is 5.77. The van der Waals surface area contributed by atoms with Crippen LogP contribution in [-0.4, -0.2) is 30.1 Å². The Morgan fingerprint density at radius 1 is 1.42 bits per heavy atom. The fourth-order valence-electron chi connectivity index (χ4n) is 2.37. The van der Waals surface area contributed by atoms with Crippen LogP contribution in [0.5, 0.6) is 0 Å². The van der Waals surface area contributed by atoms with E-state index >= 15 is 0 Å². The van der Waals surface area contributed by atoms with Gasteiger partial charge in [0.05, 0.1) is 0 Å². The molecule has 1 fully saturated rings. The minimum atomic E-state index is 0.354. The maximum Gasteiger partial charge on any atom is 0.0378 e. The molecule has 1 aromatic carbocycles. The number of rotatable bonds is 4. The average molecular weight is 343 g/mol. The molecule has 0 aromatic heterocycles. The van der Waals surface area contributed by atoms with E-state index in [-0.39, 0.29) is 0 Å². The molecule has 2 nitrogen and oxygen atoms in total. The lowest BCUT2D eigenvalue weighted by Crippen LogP contribution is -2.43. The van der Waals surface area contributed by atoms with Crippen molar-refractivity contribution in [2.24, 2.45) is 0 Å². The molecule has 0 amide bonds. The van der Waals surface area contributed by atoms with Crippen molar-refractivity contribution < 1.29 is 0 Å². The molecule has 0 bridgehead atoms. The number of hydrogen-bond donors (Lipinski definition) is 1. The van der Waals surface area contributed by atoms with Gasteiger partial charge in [-0.1, -0.05) is 28.9 Å². The average Bonchev–Trinajstić information content (AvgIpc) is 2.36. The van der Waals surface area contributed by atoms with Crippen LogP contribution in [-0.2, 0) is 6.54 Å². The molecule has 0 unspecified atom stereocenters. The van der Waals surface area contributed by atoms with E-state index < -0.39 is 0 Å². The van der Waals surface area contributed by atoms with Crippen LogP contribution < -0.4 is 10.2 Å². The van der Waals surface area contributed by atoms with Crippen LogP contribution >= 0.6 is 27.7 Å². The van der Waals surface area contributed by atoms with Crippen molar-refractivity contribution in [3.05, 3.63) is 28.2 Å². The van der Waals surface area contributed by atoms with E-state index in [1.807, 2.05) is 0 Å². The van der Waals surface area contributed by atoms with E-state index in [1.165, 1.54) is 21.5 Å². The summed E-state index contributed by atoms with van der Waals surface area (Å²) in [6.45, 7) is 11.0. The normalized spacial score (nSPS) is 18.6. The largest absolute Gasteiger partial charge is 0.369 e. The highest BCUT2D eigenvalue weighted by Crippen LogP contribution is 2.33. The fourth-order valence-corrected chi connectivity index (χ4v) is 3.99.